The van der Waals surface area contributed by atoms with Gasteiger partial charge in [0, 0.05) is 23.1 Å². The van der Waals surface area contributed by atoms with Crippen LogP contribution in [0, 0.1) is 12.7 Å². The number of aromatic nitrogens is 2. The second-order valence-electron chi connectivity index (χ2n) is 5.89. The molecule has 0 saturated heterocycles. The van der Waals surface area contributed by atoms with Crippen LogP contribution in [0.15, 0.2) is 51.9 Å². The van der Waals surface area contributed by atoms with Crippen molar-refractivity contribution in [2.45, 2.75) is 30.9 Å². The lowest BCUT2D eigenvalue weighted by Gasteiger charge is -2.07. The summed E-state index contributed by atoms with van der Waals surface area (Å²) < 4.78 is 19.1. The minimum absolute atomic E-state index is 0.0711. The number of rotatable bonds is 5. The molecule has 0 radical (unpaired) electrons. The summed E-state index contributed by atoms with van der Waals surface area (Å²) in [5, 5.41) is 6.61. The number of carbonyl (C=O) groups excluding carboxylic acids is 1. The fraction of sp³-hybridized carbons (Fsp3) is 0.211. The molecule has 1 atom stereocenters. The minimum Gasteiger partial charge on any atom is -0.338 e. The maximum absolute atomic E-state index is 13.7. The molecule has 0 aliphatic rings. The molecule has 0 aliphatic carbocycles. The Morgan fingerprint density at radius 1 is 1.23 bits per heavy atom. The Morgan fingerprint density at radius 3 is 2.62 bits per heavy atom. The lowest BCUT2D eigenvalue weighted by atomic mass is 10.1. The number of benzene rings is 2. The molecule has 3 rings (SSSR count). The standard InChI is InChI=1S/C19H18FN3O2S/c1-11-4-5-14(10-17(11)20)18-22-19(25-23-18)12(2)26-16-8-6-15(7-9-16)21-13(3)24/h4-10,12H,1-3H3,(H,21,24). The third-order valence-electron chi connectivity index (χ3n) is 3.71. The van der Waals surface area contributed by atoms with E-state index in [1.165, 1.54) is 13.0 Å². The van der Waals surface area contributed by atoms with E-state index in [1.54, 1.807) is 30.8 Å². The molecule has 1 amide bonds. The first kappa shape index (κ1) is 18.1. The maximum Gasteiger partial charge on any atom is 0.240 e. The van der Waals surface area contributed by atoms with E-state index < -0.39 is 0 Å². The summed E-state index contributed by atoms with van der Waals surface area (Å²) in [5.41, 5.74) is 1.90. The van der Waals surface area contributed by atoms with Crippen LogP contribution in [0.25, 0.3) is 11.4 Å². The second-order valence-corrected chi connectivity index (χ2v) is 7.30. The van der Waals surface area contributed by atoms with Gasteiger partial charge in [0.05, 0.1) is 5.25 Å². The number of aryl methyl sites for hydroxylation is 1. The monoisotopic (exact) mass is 371 g/mol. The van der Waals surface area contributed by atoms with Crippen molar-refractivity contribution in [3.8, 4) is 11.4 Å². The third kappa shape index (κ3) is 4.29. The molecule has 0 bridgehead atoms. The van der Waals surface area contributed by atoms with Crippen LogP contribution in [0.2, 0.25) is 0 Å². The number of hydrogen-bond donors (Lipinski definition) is 1. The molecule has 7 heteroatoms. The maximum atomic E-state index is 13.7. The van der Waals surface area contributed by atoms with E-state index in [2.05, 4.69) is 15.5 Å². The van der Waals surface area contributed by atoms with E-state index >= 15 is 0 Å². The Hall–Kier alpha value is -2.67. The number of anilines is 1. The number of amides is 1. The van der Waals surface area contributed by atoms with E-state index in [4.69, 9.17) is 4.52 Å². The van der Waals surface area contributed by atoms with Gasteiger partial charge in [-0.2, -0.15) is 4.98 Å². The van der Waals surface area contributed by atoms with Crippen molar-refractivity contribution in [2.75, 3.05) is 5.32 Å². The van der Waals surface area contributed by atoms with Crippen molar-refractivity contribution in [3.05, 3.63) is 59.7 Å². The van der Waals surface area contributed by atoms with Gasteiger partial charge in [-0.15, -0.1) is 11.8 Å². The third-order valence-corrected chi connectivity index (χ3v) is 4.81. The van der Waals surface area contributed by atoms with Gasteiger partial charge in [-0.05, 0) is 49.7 Å². The Morgan fingerprint density at radius 2 is 1.96 bits per heavy atom. The van der Waals surface area contributed by atoms with Crippen LogP contribution in [-0.4, -0.2) is 16.0 Å². The fourth-order valence-corrected chi connectivity index (χ4v) is 3.22. The number of nitrogens with zero attached hydrogens (tertiary/aromatic N) is 2. The lowest BCUT2D eigenvalue weighted by Crippen LogP contribution is -2.05. The molecular weight excluding hydrogens is 353 g/mol. The smallest absolute Gasteiger partial charge is 0.240 e. The largest absolute Gasteiger partial charge is 0.338 e. The number of thioether (sulfide) groups is 1. The second kappa shape index (κ2) is 7.70. The minimum atomic E-state index is -0.296. The van der Waals surface area contributed by atoms with E-state index in [1.807, 2.05) is 31.2 Å². The number of hydrogen-bond acceptors (Lipinski definition) is 5. The van der Waals surface area contributed by atoms with Crippen LogP contribution in [0.4, 0.5) is 10.1 Å². The molecule has 134 valence electrons. The predicted molar refractivity (Wildman–Crippen MR) is 99.4 cm³/mol. The van der Waals surface area contributed by atoms with Crippen molar-refractivity contribution >= 4 is 23.4 Å². The zero-order chi connectivity index (χ0) is 18.7. The molecule has 1 aromatic heterocycles. The fourth-order valence-electron chi connectivity index (χ4n) is 2.32. The molecule has 0 aliphatic heterocycles. The van der Waals surface area contributed by atoms with Gasteiger partial charge in [0.25, 0.3) is 0 Å². The Labute approximate surface area is 155 Å². The summed E-state index contributed by atoms with van der Waals surface area (Å²) in [6, 6.07) is 12.4. The van der Waals surface area contributed by atoms with Gasteiger partial charge < -0.3 is 9.84 Å². The molecule has 0 saturated carbocycles. The van der Waals surface area contributed by atoms with Gasteiger partial charge in [-0.3, -0.25) is 4.79 Å². The van der Waals surface area contributed by atoms with E-state index in [9.17, 15) is 9.18 Å². The number of carbonyl (C=O) groups is 1. The van der Waals surface area contributed by atoms with Gasteiger partial charge in [0.1, 0.15) is 5.82 Å². The van der Waals surface area contributed by atoms with Crippen molar-refractivity contribution in [3.63, 3.8) is 0 Å². The van der Waals surface area contributed by atoms with E-state index in [0.717, 1.165) is 10.6 Å². The van der Waals surface area contributed by atoms with Crippen LogP contribution >= 0.6 is 11.8 Å². The molecule has 5 nitrogen and oxygen atoms in total. The van der Waals surface area contributed by atoms with Crippen LogP contribution in [0.3, 0.4) is 0 Å². The highest BCUT2D eigenvalue weighted by Gasteiger charge is 2.17. The van der Waals surface area contributed by atoms with Gasteiger partial charge >= 0.3 is 0 Å². The summed E-state index contributed by atoms with van der Waals surface area (Å²) in [5.74, 6) is 0.435. The van der Waals surface area contributed by atoms with Gasteiger partial charge in [-0.25, -0.2) is 4.39 Å². The summed E-state index contributed by atoms with van der Waals surface area (Å²) in [6.07, 6.45) is 0. The Bertz CT molecular complexity index is 925. The SMILES string of the molecule is CC(=O)Nc1ccc(SC(C)c2nc(-c3ccc(C)c(F)c3)no2)cc1. The average molecular weight is 371 g/mol. The first-order chi connectivity index (χ1) is 12.4. The zero-order valence-electron chi connectivity index (χ0n) is 14.6. The van der Waals surface area contributed by atoms with Crippen LogP contribution in [0.1, 0.15) is 30.6 Å². The van der Waals surface area contributed by atoms with Gasteiger partial charge in [-0.1, -0.05) is 17.3 Å². The van der Waals surface area contributed by atoms with Crippen molar-refractivity contribution in [1.29, 1.82) is 0 Å². The molecule has 3 aromatic rings. The van der Waals surface area contributed by atoms with E-state index in [0.29, 0.717) is 22.8 Å². The Balaban J connectivity index is 1.70. The summed E-state index contributed by atoms with van der Waals surface area (Å²) in [4.78, 5) is 16.4. The predicted octanol–water partition coefficient (Wildman–Crippen LogP) is 5.00. The number of nitrogens with one attached hydrogen (secondary N) is 1. The highest BCUT2D eigenvalue weighted by Crippen LogP contribution is 2.35. The average Bonchev–Trinajstić information content (AvgIpc) is 3.09. The Kier molecular flexibility index (Phi) is 5.37. The van der Waals surface area contributed by atoms with Gasteiger partial charge in [0.15, 0.2) is 0 Å². The summed E-state index contributed by atoms with van der Waals surface area (Å²) in [7, 11) is 0. The molecule has 2 aromatic carbocycles. The molecule has 0 spiro atoms. The topological polar surface area (TPSA) is 68.0 Å². The highest BCUT2D eigenvalue weighted by atomic mass is 32.2. The van der Waals surface area contributed by atoms with Crippen molar-refractivity contribution in [2.24, 2.45) is 0 Å². The quantitative estimate of drug-likeness (QED) is 0.640. The van der Waals surface area contributed by atoms with Crippen molar-refractivity contribution < 1.29 is 13.7 Å². The normalized spacial score (nSPS) is 12.0. The molecule has 1 N–H and O–H groups in total. The lowest BCUT2D eigenvalue weighted by molar-refractivity contribution is -0.114. The first-order valence-electron chi connectivity index (χ1n) is 8.07. The van der Waals surface area contributed by atoms with Crippen molar-refractivity contribution in [1.82, 2.24) is 10.1 Å². The van der Waals surface area contributed by atoms with Gasteiger partial charge in [0.2, 0.25) is 17.6 Å². The molecular formula is C19H18FN3O2S. The van der Waals surface area contributed by atoms with Crippen LogP contribution in [0.5, 0.6) is 0 Å². The molecule has 1 unspecified atom stereocenters. The summed E-state index contributed by atoms with van der Waals surface area (Å²) >= 11 is 1.56. The van der Waals surface area contributed by atoms with Crippen LogP contribution < -0.4 is 5.32 Å². The first-order valence-corrected chi connectivity index (χ1v) is 8.95. The van der Waals surface area contributed by atoms with Crippen LogP contribution in [-0.2, 0) is 4.79 Å². The zero-order valence-corrected chi connectivity index (χ0v) is 15.4. The van der Waals surface area contributed by atoms with E-state index in [-0.39, 0.29) is 17.0 Å². The molecule has 1 heterocycles. The highest BCUT2D eigenvalue weighted by molar-refractivity contribution is 7.99. The number of halogens is 1. The molecule has 0 fully saturated rings. The summed E-state index contributed by atoms with van der Waals surface area (Å²) in [6.45, 7) is 5.13. The molecule has 26 heavy (non-hydrogen) atoms.